The van der Waals surface area contributed by atoms with Crippen LogP contribution >= 0.6 is 0 Å². The van der Waals surface area contributed by atoms with Crippen LogP contribution in [0.4, 0.5) is 0 Å². The summed E-state index contributed by atoms with van der Waals surface area (Å²) in [6, 6.07) is 0. The van der Waals surface area contributed by atoms with Crippen LogP contribution < -0.4 is 0 Å². The van der Waals surface area contributed by atoms with Gasteiger partial charge >= 0.3 is 0 Å². The van der Waals surface area contributed by atoms with Gasteiger partial charge in [0.2, 0.25) is 12.2 Å². The lowest BCUT2D eigenvalue weighted by molar-refractivity contribution is -0.136. The Morgan fingerprint density at radius 3 is 2.40 bits per heavy atom. The number of likely N-dealkylation sites (tertiary alicyclic amines) is 1. The lowest BCUT2D eigenvalue weighted by atomic mass is 9.79. The van der Waals surface area contributed by atoms with Crippen LogP contribution in [0.2, 0.25) is 0 Å². The molecule has 15 heavy (non-hydrogen) atoms. The van der Waals surface area contributed by atoms with E-state index in [1.54, 1.807) is 0 Å². The molecule has 0 aromatic heterocycles. The summed E-state index contributed by atoms with van der Waals surface area (Å²) in [5.74, 6) is 0.0155. The van der Waals surface area contributed by atoms with Gasteiger partial charge in [-0.25, -0.2) is 0 Å². The van der Waals surface area contributed by atoms with E-state index in [-0.39, 0.29) is 17.7 Å². The van der Waals surface area contributed by atoms with Gasteiger partial charge in [-0.3, -0.25) is 9.59 Å². The van der Waals surface area contributed by atoms with Gasteiger partial charge < -0.3 is 4.90 Å². The monoisotopic (exact) mass is 208 g/mol. The summed E-state index contributed by atoms with van der Waals surface area (Å²) in [6.07, 6.45) is 8.20. The van der Waals surface area contributed by atoms with Crippen LogP contribution in [0.1, 0.15) is 38.5 Å². The van der Waals surface area contributed by atoms with Crippen molar-refractivity contribution in [1.29, 1.82) is 0 Å². The molecule has 2 unspecified atom stereocenters. The number of nitrogens with zero attached hydrogens (tertiary/aromatic N) is 1. The van der Waals surface area contributed by atoms with Gasteiger partial charge in [0.05, 0.1) is 0 Å². The molecule has 0 N–H and O–H groups in total. The summed E-state index contributed by atoms with van der Waals surface area (Å²) >= 11 is 0. The lowest BCUT2D eigenvalue weighted by Gasteiger charge is -2.29. The highest BCUT2D eigenvalue weighted by molar-refractivity contribution is 5.82. The summed E-state index contributed by atoms with van der Waals surface area (Å²) < 4.78 is 0. The third-order valence-corrected chi connectivity index (χ3v) is 3.65. The third-order valence-electron chi connectivity index (χ3n) is 3.65. The van der Waals surface area contributed by atoms with Crippen molar-refractivity contribution in [1.82, 2.24) is 4.90 Å². The summed E-state index contributed by atoms with van der Waals surface area (Å²) in [6.45, 7) is 1.78. The second kappa shape index (κ2) is 4.77. The molecule has 1 radical (unpaired) electrons. The standard InChI is InChI=1S/C12H18NO2/c14-9-10-5-1-2-6-11(10)12(15)13-7-3-4-8-13/h10-11H,1-8H2. The fraction of sp³-hybridized carbons (Fsp3) is 0.833. The number of hydrogen-bond donors (Lipinski definition) is 0. The van der Waals surface area contributed by atoms with Gasteiger partial charge in [-0.15, -0.1) is 0 Å². The van der Waals surface area contributed by atoms with E-state index < -0.39 is 0 Å². The summed E-state index contributed by atoms with van der Waals surface area (Å²) in [7, 11) is 0. The number of amides is 1. The largest absolute Gasteiger partial charge is 0.342 e. The molecule has 0 bridgehead atoms. The maximum atomic E-state index is 12.1. The van der Waals surface area contributed by atoms with E-state index in [4.69, 9.17) is 0 Å². The smallest absolute Gasteiger partial charge is 0.226 e. The molecule has 2 fully saturated rings. The van der Waals surface area contributed by atoms with Gasteiger partial charge in [-0.05, 0) is 25.7 Å². The van der Waals surface area contributed by atoms with Crippen molar-refractivity contribution in [2.45, 2.75) is 38.5 Å². The Hall–Kier alpha value is -0.860. The van der Waals surface area contributed by atoms with Gasteiger partial charge in [0.25, 0.3) is 0 Å². The molecular weight excluding hydrogens is 190 g/mol. The van der Waals surface area contributed by atoms with Crippen molar-refractivity contribution >= 4 is 12.2 Å². The first-order chi connectivity index (χ1) is 7.33. The van der Waals surface area contributed by atoms with Crippen LogP contribution in [0.3, 0.4) is 0 Å². The maximum absolute atomic E-state index is 12.1. The zero-order valence-electron chi connectivity index (χ0n) is 9.08. The highest BCUT2D eigenvalue weighted by Gasteiger charge is 2.34. The second-order valence-corrected chi connectivity index (χ2v) is 4.65. The van der Waals surface area contributed by atoms with Crippen molar-refractivity contribution < 1.29 is 9.59 Å². The molecule has 1 aliphatic heterocycles. The number of carbonyl (C=O) groups excluding carboxylic acids is 2. The molecule has 3 heteroatoms. The van der Waals surface area contributed by atoms with Gasteiger partial charge in [-0.1, -0.05) is 12.8 Å². The Morgan fingerprint density at radius 2 is 1.73 bits per heavy atom. The number of hydrogen-bond acceptors (Lipinski definition) is 2. The van der Waals surface area contributed by atoms with Crippen molar-refractivity contribution in [3.63, 3.8) is 0 Å². The third kappa shape index (κ3) is 2.21. The number of rotatable bonds is 2. The molecule has 2 atom stereocenters. The summed E-state index contributed by atoms with van der Waals surface area (Å²) in [4.78, 5) is 24.8. The summed E-state index contributed by atoms with van der Waals surface area (Å²) in [5.41, 5.74) is 0. The highest BCUT2D eigenvalue weighted by atomic mass is 16.2. The fourth-order valence-corrected chi connectivity index (χ4v) is 2.74. The molecule has 1 aliphatic carbocycles. The quantitative estimate of drug-likeness (QED) is 0.690. The lowest BCUT2D eigenvalue weighted by Crippen LogP contribution is -2.39. The average Bonchev–Trinajstić information content (AvgIpc) is 2.81. The second-order valence-electron chi connectivity index (χ2n) is 4.65. The Labute approximate surface area is 90.8 Å². The van der Waals surface area contributed by atoms with Crippen LogP contribution in [0, 0.1) is 11.8 Å². The molecule has 2 aliphatic rings. The van der Waals surface area contributed by atoms with E-state index in [2.05, 4.69) is 6.29 Å². The van der Waals surface area contributed by atoms with Crippen LogP contribution in [0.15, 0.2) is 0 Å². The van der Waals surface area contributed by atoms with E-state index in [9.17, 15) is 9.59 Å². The van der Waals surface area contributed by atoms with Crippen molar-refractivity contribution in [2.24, 2.45) is 11.8 Å². The molecule has 1 amide bonds. The minimum Gasteiger partial charge on any atom is -0.342 e. The van der Waals surface area contributed by atoms with Crippen LogP contribution in [-0.2, 0) is 9.59 Å². The Balaban J connectivity index is 1.99. The SMILES string of the molecule is O=[C]C1CCCCC1C(=O)N1CCCC1. The topological polar surface area (TPSA) is 37.4 Å². The summed E-state index contributed by atoms with van der Waals surface area (Å²) in [5, 5.41) is 0. The minimum absolute atomic E-state index is 0.0608. The zero-order valence-corrected chi connectivity index (χ0v) is 9.08. The van der Waals surface area contributed by atoms with Gasteiger partial charge in [0.1, 0.15) is 0 Å². The Bertz CT molecular complexity index is 246. The maximum Gasteiger partial charge on any atom is 0.226 e. The van der Waals surface area contributed by atoms with Gasteiger partial charge in [-0.2, -0.15) is 0 Å². The molecule has 1 heterocycles. The van der Waals surface area contributed by atoms with Crippen LogP contribution in [0.5, 0.6) is 0 Å². The Morgan fingerprint density at radius 1 is 1.07 bits per heavy atom. The van der Waals surface area contributed by atoms with E-state index >= 15 is 0 Å². The minimum atomic E-state index is -0.133. The van der Waals surface area contributed by atoms with Gasteiger partial charge in [0.15, 0.2) is 0 Å². The fourth-order valence-electron chi connectivity index (χ4n) is 2.74. The van der Waals surface area contributed by atoms with Crippen LogP contribution in [-0.4, -0.2) is 30.2 Å². The molecule has 1 saturated heterocycles. The van der Waals surface area contributed by atoms with E-state index in [1.165, 1.54) is 0 Å². The molecule has 0 aromatic rings. The van der Waals surface area contributed by atoms with Crippen LogP contribution in [0.25, 0.3) is 0 Å². The zero-order chi connectivity index (χ0) is 10.7. The van der Waals surface area contributed by atoms with E-state index in [0.717, 1.165) is 51.6 Å². The molecule has 0 aromatic carbocycles. The highest BCUT2D eigenvalue weighted by Crippen LogP contribution is 2.30. The van der Waals surface area contributed by atoms with Crippen molar-refractivity contribution in [2.75, 3.05) is 13.1 Å². The number of carbonyl (C=O) groups is 1. The Kier molecular flexibility index (Phi) is 3.39. The van der Waals surface area contributed by atoms with Crippen molar-refractivity contribution in [3.8, 4) is 0 Å². The molecular formula is C12H18NO2. The van der Waals surface area contributed by atoms with Crippen molar-refractivity contribution in [3.05, 3.63) is 0 Å². The first-order valence-corrected chi connectivity index (χ1v) is 5.99. The van der Waals surface area contributed by atoms with E-state index in [1.807, 2.05) is 4.90 Å². The molecule has 1 saturated carbocycles. The average molecular weight is 208 g/mol. The first-order valence-electron chi connectivity index (χ1n) is 5.99. The molecule has 0 spiro atoms. The molecule has 83 valence electrons. The normalized spacial score (nSPS) is 31.6. The first kappa shape index (κ1) is 10.7. The predicted octanol–water partition coefficient (Wildman–Crippen LogP) is 1.52. The molecule has 3 nitrogen and oxygen atoms in total. The molecule has 2 rings (SSSR count). The van der Waals surface area contributed by atoms with Gasteiger partial charge in [0, 0.05) is 24.9 Å². The predicted molar refractivity (Wildman–Crippen MR) is 57.0 cm³/mol. The van der Waals surface area contributed by atoms with E-state index in [0.29, 0.717) is 0 Å².